The number of nitrogens with one attached hydrogen (secondary N) is 1. The standard InChI is InChI=1S/C18H20FN3O3/c1-12(23)21-6-8-22(9-7-21)17(24)5-3-14-10-13-2-4-15(19)11-16(13)20-18(14)25/h2,4,10-11H,3,5-9H2,1H3,(H,20,25). The van der Waals surface area contributed by atoms with Gasteiger partial charge in [-0.25, -0.2) is 4.39 Å². The number of pyridine rings is 1. The molecule has 0 saturated carbocycles. The number of aromatic nitrogens is 1. The van der Waals surface area contributed by atoms with Crippen molar-refractivity contribution in [1.82, 2.24) is 14.8 Å². The largest absolute Gasteiger partial charge is 0.339 e. The van der Waals surface area contributed by atoms with E-state index in [-0.39, 0.29) is 23.8 Å². The molecule has 0 radical (unpaired) electrons. The molecular formula is C18H20FN3O3. The van der Waals surface area contributed by atoms with E-state index in [1.54, 1.807) is 21.9 Å². The molecule has 0 aliphatic carbocycles. The van der Waals surface area contributed by atoms with Crippen LogP contribution in [0, 0.1) is 5.82 Å². The second-order valence-corrected chi connectivity index (χ2v) is 6.24. The highest BCUT2D eigenvalue weighted by Crippen LogP contribution is 2.14. The Morgan fingerprint density at radius 2 is 1.80 bits per heavy atom. The molecule has 2 amide bonds. The number of halogens is 1. The predicted molar refractivity (Wildman–Crippen MR) is 91.7 cm³/mol. The Labute approximate surface area is 144 Å². The lowest BCUT2D eigenvalue weighted by molar-refractivity contribution is -0.138. The lowest BCUT2D eigenvalue weighted by Crippen LogP contribution is -2.50. The predicted octanol–water partition coefficient (Wildman–Crippen LogP) is 1.29. The van der Waals surface area contributed by atoms with Gasteiger partial charge in [0.05, 0.1) is 5.52 Å². The summed E-state index contributed by atoms with van der Waals surface area (Å²) in [4.78, 5) is 41.8. The number of aryl methyl sites for hydroxylation is 1. The van der Waals surface area contributed by atoms with E-state index in [1.165, 1.54) is 19.1 Å². The van der Waals surface area contributed by atoms with Crippen LogP contribution in [0.3, 0.4) is 0 Å². The quantitative estimate of drug-likeness (QED) is 0.911. The Morgan fingerprint density at radius 3 is 2.48 bits per heavy atom. The molecule has 25 heavy (non-hydrogen) atoms. The van der Waals surface area contributed by atoms with Gasteiger partial charge in [0.25, 0.3) is 5.56 Å². The average Bonchev–Trinajstić information content (AvgIpc) is 2.59. The van der Waals surface area contributed by atoms with Crippen molar-refractivity contribution in [3.63, 3.8) is 0 Å². The zero-order valence-corrected chi connectivity index (χ0v) is 14.0. The smallest absolute Gasteiger partial charge is 0.251 e. The number of amides is 2. The molecule has 1 N–H and O–H groups in total. The summed E-state index contributed by atoms with van der Waals surface area (Å²) in [5.41, 5.74) is 0.655. The van der Waals surface area contributed by atoms with E-state index >= 15 is 0 Å². The van der Waals surface area contributed by atoms with Gasteiger partial charge in [-0.05, 0) is 36.1 Å². The van der Waals surface area contributed by atoms with Crippen LogP contribution in [0.5, 0.6) is 0 Å². The van der Waals surface area contributed by atoms with Crippen molar-refractivity contribution in [2.75, 3.05) is 26.2 Å². The number of hydrogen-bond donors (Lipinski definition) is 1. The van der Waals surface area contributed by atoms with Gasteiger partial charge in [-0.15, -0.1) is 0 Å². The number of carbonyl (C=O) groups excluding carboxylic acids is 2. The van der Waals surface area contributed by atoms with Crippen LogP contribution in [0.25, 0.3) is 10.9 Å². The van der Waals surface area contributed by atoms with Crippen LogP contribution in [0.15, 0.2) is 29.1 Å². The van der Waals surface area contributed by atoms with Gasteiger partial charge in [0.15, 0.2) is 0 Å². The minimum atomic E-state index is -0.407. The maximum atomic E-state index is 13.2. The highest BCUT2D eigenvalue weighted by Gasteiger charge is 2.22. The molecule has 6 nitrogen and oxygen atoms in total. The van der Waals surface area contributed by atoms with Crippen LogP contribution in [0.2, 0.25) is 0 Å². The monoisotopic (exact) mass is 345 g/mol. The molecule has 7 heteroatoms. The average molecular weight is 345 g/mol. The molecule has 0 bridgehead atoms. The molecule has 1 saturated heterocycles. The molecule has 0 unspecified atom stereocenters. The highest BCUT2D eigenvalue weighted by molar-refractivity contribution is 5.80. The Balaban J connectivity index is 1.63. The van der Waals surface area contributed by atoms with Crippen LogP contribution >= 0.6 is 0 Å². The zero-order chi connectivity index (χ0) is 18.0. The summed E-state index contributed by atoms with van der Waals surface area (Å²) < 4.78 is 13.2. The van der Waals surface area contributed by atoms with E-state index in [9.17, 15) is 18.8 Å². The van der Waals surface area contributed by atoms with Crippen LogP contribution in [-0.2, 0) is 16.0 Å². The van der Waals surface area contributed by atoms with E-state index in [2.05, 4.69) is 4.98 Å². The summed E-state index contributed by atoms with van der Waals surface area (Å²) in [5.74, 6) is -0.413. The summed E-state index contributed by atoms with van der Waals surface area (Å²) in [6, 6.07) is 5.92. The fourth-order valence-electron chi connectivity index (χ4n) is 3.07. The van der Waals surface area contributed by atoms with Crippen molar-refractivity contribution in [3.05, 3.63) is 46.0 Å². The third-order valence-electron chi connectivity index (χ3n) is 4.57. The number of piperazine rings is 1. The molecular weight excluding hydrogens is 325 g/mol. The number of H-pyrrole nitrogens is 1. The van der Waals surface area contributed by atoms with Crippen molar-refractivity contribution in [2.45, 2.75) is 19.8 Å². The minimum absolute atomic E-state index is 0.0197. The van der Waals surface area contributed by atoms with Crippen molar-refractivity contribution in [2.24, 2.45) is 0 Å². The molecule has 1 aromatic carbocycles. The summed E-state index contributed by atoms with van der Waals surface area (Å²) in [6.07, 6.45) is 0.560. The lowest BCUT2D eigenvalue weighted by Gasteiger charge is -2.34. The van der Waals surface area contributed by atoms with E-state index in [4.69, 9.17) is 0 Å². The molecule has 132 valence electrons. The van der Waals surface area contributed by atoms with Gasteiger partial charge in [0.2, 0.25) is 11.8 Å². The first-order valence-electron chi connectivity index (χ1n) is 8.29. The molecule has 3 rings (SSSR count). The summed E-state index contributed by atoms with van der Waals surface area (Å²) >= 11 is 0. The lowest BCUT2D eigenvalue weighted by atomic mass is 10.1. The van der Waals surface area contributed by atoms with Crippen molar-refractivity contribution < 1.29 is 14.0 Å². The Kier molecular flexibility index (Phi) is 4.83. The zero-order valence-electron chi connectivity index (χ0n) is 14.0. The molecule has 0 spiro atoms. The normalized spacial score (nSPS) is 14.8. The van der Waals surface area contributed by atoms with Crippen LogP contribution < -0.4 is 5.56 Å². The molecule has 1 aliphatic rings. The second-order valence-electron chi connectivity index (χ2n) is 6.24. The van der Waals surface area contributed by atoms with Gasteiger partial charge in [-0.2, -0.15) is 0 Å². The van der Waals surface area contributed by atoms with Crippen molar-refractivity contribution in [1.29, 1.82) is 0 Å². The molecule has 1 fully saturated rings. The Hall–Kier alpha value is -2.70. The third kappa shape index (κ3) is 3.87. The summed E-state index contributed by atoms with van der Waals surface area (Å²) in [7, 11) is 0. The van der Waals surface area contributed by atoms with E-state index in [0.29, 0.717) is 43.7 Å². The second kappa shape index (κ2) is 7.04. The molecule has 2 heterocycles. The van der Waals surface area contributed by atoms with Crippen LogP contribution in [-0.4, -0.2) is 52.8 Å². The number of fused-ring (bicyclic) bond motifs is 1. The van der Waals surface area contributed by atoms with E-state index in [1.807, 2.05) is 0 Å². The first-order chi connectivity index (χ1) is 11.9. The van der Waals surface area contributed by atoms with Crippen molar-refractivity contribution in [3.8, 4) is 0 Å². The topological polar surface area (TPSA) is 73.5 Å². The van der Waals surface area contributed by atoms with Gasteiger partial charge in [0, 0.05) is 45.1 Å². The van der Waals surface area contributed by atoms with Crippen LogP contribution in [0.4, 0.5) is 4.39 Å². The first-order valence-corrected chi connectivity index (χ1v) is 8.29. The maximum Gasteiger partial charge on any atom is 0.251 e. The molecule has 2 aromatic rings. The molecule has 0 atom stereocenters. The third-order valence-corrected chi connectivity index (χ3v) is 4.57. The van der Waals surface area contributed by atoms with Crippen molar-refractivity contribution >= 4 is 22.7 Å². The van der Waals surface area contributed by atoms with E-state index < -0.39 is 5.82 Å². The number of benzene rings is 1. The summed E-state index contributed by atoms with van der Waals surface area (Å²) in [5, 5.41) is 0.735. The van der Waals surface area contributed by atoms with E-state index in [0.717, 1.165) is 5.39 Å². The van der Waals surface area contributed by atoms with Gasteiger partial charge < -0.3 is 14.8 Å². The number of nitrogens with zero attached hydrogens (tertiary/aromatic N) is 2. The first kappa shape index (κ1) is 17.1. The fourth-order valence-corrected chi connectivity index (χ4v) is 3.07. The van der Waals surface area contributed by atoms with Gasteiger partial charge >= 0.3 is 0 Å². The SMILES string of the molecule is CC(=O)N1CCN(C(=O)CCc2cc3ccc(F)cc3[nH]c2=O)CC1. The van der Waals surface area contributed by atoms with Gasteiger partial charge in [-0.3, -0.25) is 14.4 Å². The summed E-state index contributed by atoms with van der Waals surface area (Å²) in [6.45, 7) is 3.65. The van der Waals surface area contributed by atoms with Gasteiger partial charge in [0.1, 0.15) is 5.82 Å². The highest BCUT2D eigenvalue weighted by atomic mass is 19.1. The maximum absolute atomic E-state index is 13.2. The number of rotatable bonds is 3. The minimum Gasteiger partial charge on any atom is -0.339 e. The fraction of sp³-hybridized carbons (Fsp3) is 0.389. The molecule has 1 aliphatic heterocycles. The van der Waals surface area contributed by atoms with Gasteiger partial charge in [-0.1, -0.05) is 0 Å². The Morgan fingerprint density at radius 1 is 1.12 bits per heavy atom. The van der Waals surface area contributed by atoms with Crippen LogP contribution in [0.1, 0.15) is 18.9 Å². The molecule has 1 aromatic heterocycles. The number of aromatic amines is 1. The number of carbonyl (C=O) groups is 2. The number of hydrogen-bond acceptors (Lipinski definition) is 3. The Bertz CT molecular complexity index is 869.